The Morgan fingerprint density at radius 1 is 1.14 bits per heavy atom. The summed E-state index contributed by atoms with van der Waals surface area (Å²) in [6.07, 6.45) is 0. The van der Waals surface area contributed by atoms with E-state index in [2.05, 4.69) is 40.1 Å². The summed E-state index contributed by atoms with van der Waals surface area (Å²) in [6.45, 7) is 5.57. The van der Waals surface area contributed by atoms with Crippen molar-refractivity contribution in [1.29, 1.82) is 0 Å². The van der Waals surface area contributed by atoms with Crippen LogP contribution in [0.2, 0.25) is 0 Å². The first kappa shape index (κ1) is 18.3. The zero-order valence-electron chi connectivity index (χ0n) is 16.8. The number of methoxy groups -OCH3 is 1. The van der Waals surface area contributed by atoms with Crippen LogP contribution in [0.3, 0.4) is 0 Å². The minimum Gasteiger partial charge on any atom is -0.493 e. The minimum absolute atomic E-state index is 0.162. The molecule has 0 radical (unpaired) electrons. The summed E-state index contributed by atoms with van der Waals surface area (Å²) in [4.78, 5) is 16.8. The lowest BCUT2D eigenvalue weighted by Gasteiger charge is -2.29. The van der Waals surface area contributed by atoms with Gasteiger partial charge in [0.05, 0.1) is 13.2 Å². The highest BCUT2D eigenvalue weighted by molar-refractivity contribution is 5.74. The van der Waals surface area contributed by atoms with Gasteiger partial charge in [0, 0.05) is 39.0 Å². The van der Waals surface area contributed by atoms with E-state index in [4.69, 9.17) is 14.2 Å². The number of nitrogens with zero attached hydrogens (tertiary/aromatic N) is 2. The van der Waals surface area contributed by atoms with Crippen LogP contribution in [0.15, 0.2) is 42.5 Å². The van der Waals surface area contributed by atoms with Gasteiger partial charge in [-0.05, 0) is 29.2 Å². The van der Waals surface area contributed by atoms with E-state index in [-0.39, 0.29) is 18.7 Å². The zero-order chi connectivity index (χ0) is 20.0. The second-order valence-corrected chi connectivity index (χ2v) is 8.18. The van der Waals surface area contributed by atoms with Crippen molar-refractivity contribution in [2.75, 3.05) is 33.5 Å². The Bertz CT molecular complexity index is 917. The van der Waals surface area contributed by atoms with Crippen LogP contribution in [-0.4, -0.2) is 49.2 Å². The number of ether oxygens (including phenoxy) is 3. The normalized spacial score (nSPS) is 25.3. The minimum atomic E-state index is 0.162. The summed E-state index contributed by atoms with van der Waals surface area (Å²) in [5.74, 6) is 3.29. The molecule has 0 aliphatic carbocycles. The lowest BCUT2D eigenvalue weighted by atomic mass is 9.89. The maximum Gasteiger partial charge on any atom is 0.231 e. The summed E-state index contributed by atoms with van der Waals surface area (Å²) < 4.78 is 16.6. The van der Waals surface area contributed by atoms with Gasteiger partial charge in [0.2, 0.25) is 18.4 Å². The van der Waals surface area contributed by atoms with Crippen LogP contribution in [0.1, 0.15) is 24.1 Å². The van der Waals surface area contributed by atoms with Gasteiger partial charge in [0.1, 0.15) is 0 Å². The molecule has 2 aromatic carbocycles. The number of likely N-dealkylation sites (tertiary alicyclic amines) is 2. The molecule has 2 aromatic rings. The highest BCUT2D eigenvalue weighted by atomic mass is 16.7. The number of hydrogen-bond donors (Lipinski definition) is 0. The molecule has 0 aromatic heterocycles. The molecule has 0 spiro atoms. The first-order valence-electron chi connectivity index (χ1n) is 10.1. The molecule has 0 bridgehead atoms. The van der Waals surface area contributed by atoms with Gasteiger partial charge < -0.3 is 19.1 Å². The molecule has 0 saturated carbocycles. The molecule has 3 aliphatic heterocycles. The third-order valence-electron chi connectivity index (χ3n) is 6.41. The molecule has 6 nitrogen and oxygen atoms in total. The Morgan fingerprint density at radius 2 is 1.97 bits per heavy atom. The van der Waals surface area contributed by atoms with Crippen LogP contribution in [0, 0.1) is 11.8 Å². The van der Waals surface area contributed by atoms with Gasteiger partial charge in [-0.3, -0.25) is 9.69 Å². The first-order chi connectivity index (χ1) is 14.1. The molecule has 152 valence electrons. The van der Waals surface area contributed by atoms with Gasteiger partial charge in [-0.1, -0.05) is 30.3 Å². The largest absolute Gasteiger partial charge is 0.493 e. The number of carbonyl (C=O) groups is 1. The van der Waals surface area contributed by atoms with Gasteiger partial charge in [-0.2, -0.15) is 0 Å². The zero-order valence-corrected chi connectivity index (χ0v) is 16.8. The molecule has 3 aliphatic rings. The molecule has 1 amide bonds. The van der Waals surface area contributed by atoms with Gasteiger partial charge in [0.25, 0.3) is 0 Å². The van der Waals surface area contributed by atoms with Crippen LogP contribution < -0.4 is 14.2 Å². The van der Waals surface area contributed by atoms with E-state index in [9.17, 15) is 4.79 Å². The van der Waals surface area contributed by atoms with Gasteiger partial charge in [-0.25, -0.2) is 0 Å². The topological polar surface area (TPSA) is 51.2 Å². The quantitative estimate of drug-likeness (QED) is 0.798. The molecule has 6 heteroatoms. The molecule has 3 heterocycles. The third kappa shape index (κ3) is 3.21. The fourth-order valence-corrected chi connectivity index (χ4v) is 5.20. The summed E-state index contributed by atoms with van der Waals surface area (Å²) in [5, 5.41) is 0. The monoisotopic (exact) mass is 394 g/mol. The lowest BCUT2D eigenvalue weighted by molar-refractivity contribution is -0.130. The number of fused-ring (bicyclic) bond motifs is 2. The van der Waals surface area contributed by atoms with E-state index in [0.717, 1.165) is 43.2 Å². The Kier molecular flexibility index (Phi) is 4.59. The van der Waals surface area contributed by atoms with E-state index >= 15 is 0 Å². The van der Waals surface area contributed by atoms with Crippen molar-refractivity contribution in [3.63, 3.8) is 0 Å². The van der Waals surface area contributed by atoms with E-state index in [0.29, 0.717) is 17.6 Å². The van der Waals surface area contributed by atoms with E-state index < -0.39 is 0 Å². The molecule has 0 unspecified atom stereocenters. The maximum atomic E-state index is 12.3. The number of rotatable bonds is 4. The van der Waals surface area contributed by atoms with E-state index in [1.807, 2.05) is 12.1 Å². The molecule has 5 rings (SSSR count). The van der Waals surface area contributed by atoms with Gasteiger partial charge in [0.15, 0.2) is 11.5 Å². The summed E-state index contributed by atoms with van der Waals surface area (Å²) >= 11 is 0. The van der Waals surface area contributed by atoms with Crippen molar-refractivity contribution < 1.29 is 19.0 Å². The predicted molar refractivity (Wildman–Crippen MR) is 108 cm³/mol. The van der Waals surface area contributed by atoms with Crippen LogP contribution in [0.5, 0.6) is 17.2 Å². The number of amides is 1. The Hall–Kier alpha value is -2.73. The van der Waals surface area contributed by atoms with Gasteiger partial charge in [-0.15, -0.1) is 0 Å². The highest BCUT2D eigenvalue weighted by Gasteiger charge is 2.48. The van der Waals surface area contributed by atoms with Crippen LogP contribution in [0.4, 0.5) is 0 Å². The first-order valence-corrected chi connectivity index (χ1v) is 10.1. The molecule has 2 saturated heterocycles. The SMILES string of the molecule is COc1cc(CN2C[C@@H]3CN(C(C)=O)[C@@H](c4ccccc4)[C@@H]3C2)cc2c1OCO2. The molecule has 2 fully saturated rings. The standard InChI is InChI=1S/C23H26N2O4/c1-15(26)25-12-18-11-24(13-19(18)22(25)17-6-4-3-5-7-17)10-16-8-20(27-2)23-21(9-16)28-14-29-23/h3-9,18-19,22H,10-14H2,1-2H3/t18-,19-,22+/m1/s1. The van der Waals surface area contributed by atoms with Crippen LogP contribution in [0.25, 0.3) is 0 Å². The molecular formula is C23H26N2O4. The summed E-state index contributed by atoms with van der Waals surface area (Å²) in [5.41, 5.74) is 2.40. The van der Waals surface area contributed by atoms with Crippen LogP contribution >= 0.6 is 0 Å². The maximum absolute atomic E-state index is 12.3. The molecule has 3 atom stereocenters. The Labute approximate surface area is 171 Å². The van der Waals surface area contributed by atoms with Crippen molar-refractivity contribution in [2.24, 2.45) is 11.8 Å². The average Bonchev–Trinajstić information content (AvgIpc) is 3.42. The molecule has 0 N–H and O–H groups in total. The second-order valence-electron chi connectivity index (χ2n) is 8.18. The number of hydrogen-bond acceptors (Lipinski definition) is 5. The van der Waals surface area contributed by atoms with E-state index in [1.165, 1.54) is 5.56 Å². The predicted octanol–water partition coefficient (Wildman–Crippen LogP) is 3.08. The third-order valence-corrected chi connectivity index (χ3v) is 6.41. The smallest absolute Gasteiger partial charge is 0.231 e. The van der Waals surface area contributed by atoms with Crippen molar-refractivity contribution in [1.82, 2.24) is 9.80 Å². The lowest BCUT2D eigenvalue weighted by Crippen LogP contribution is -2.34. The summed E-state index contributed by atoms with van der Waals surface area (Å²) in [6, 6.07) is 14.7. The Balaban J connectivity index is 1.36. The fourth-order valence-electron chi connectivity index (χ4n) is 5.20. The van der Waals surface area contributed by atoms with Crippen molar-refractivity contribution in [3.8, 4) is 17.2 Å². The summed E-state index contributed by atoms with van der Waals surface area (Å²) in [7, 11) is 1.65. The van der Waals surface area contributed by atoms with Crippen molar-refractivity contribution >= 4 is 5.91 Å². The van der Waals surface area contributed by atoms with Gasteiger partial charge >= 0.3 is 0 Å². The fraction of sp³-hybridized carbons (Fsp3) is 0.435. The van der Waals surface area contributed by atoms with E-state index in [1.54, 1.807) is 14.0 Å². The Morgan fingerprint density at radius 3 is 2.72 bits per heavy atom. The average molecular weight is 394 g/mol. The molecular weight excluding hydrogens is 368 g/mol. The van der Waals surface area contributed by atoms with Crippen LogP contribution in [-0.2, 0) is 11.3 Å². The number of carbonyl (C=O) groups excluding carboxylic acids is 1. The number of benzene rings is 2. The highest BCUT2D eigenvalue weighted by Crippen LogP contribution is 2.46. The second kappa shape index (κ2) is 7.26. The van der Waals surface area contributed by atoms with Crippen molar-refractivity contribution in [3.05, 3.63) is 53.6 Å². The van der Waals surface area contributed by atoms with Crippen molar-refractivity contribution in [2.45, 2.75) is 19.5 Å². The molecule has 29 heavy (non-hydrogen) atoms.